The van der Waals surface area contributed by atoms with Crippen LogP contribution in [0.5, 0.6) is 11.5 Å². The molecule has 128 valence electrons. The van der Waals surface area contributed by atoms with Crippen LogP contribution >= 0.6 is 0 Å². The molecule has 2 aromatic carbocycles. The lowest BCUT2D eigenvalue weighted by molar-refractivity contribution is 0.102. The Labute approximate surface area is 143 Å². The summed E-state index contributed by atoms with van der Waals surface area (Å²) in [7, 11) is 1.57. The number of benzene rings is 2. The fraction of sp³-hybridized carbons (Fsp3) is 0.350. The Kier molecular flexibility index (Phi) is 5.85. The Bertz CT molecular complexity index is 723. The maximum atomic E-state index is 12.4. The van der Waals surface area contributed by atoms with Crippen molar-refractivity contribution in [2.45, 2.75) is 27.7 Å². The van der Waals surface area contributed by atoms with E-state index >= 15 is 0 Å². The molecule has 4 nitrogen and oxygen atoms in total. The summed E-state index contributed by atoms with van der Waals surface area (Å²) < 4.78 is 11.1. The fourth-order valence-corrected chi connectivity index (χ4v) is 2.21. The minimum atomic E-state index is -0.174. The first-order chi connectivity index (χ1) is 11.4. The minimum absolute atomic E-state index is 0.174. The summed E-state index contributed by atoms with van der Waals surface area (Å²) in [6.45, 7) is 8.83. The molecule has 0 unspecified atom stereocenters. The lowest BCUT2D eigenvalue weighted by atomic mass is 10.1. The van der Waals surface area contributed by atoms with Crippen molar-refractivity contribution >= 4 is 11.6 Å². The Morgan fingerprint density at radius 2 is 1.79 bits per heavy atom. The van der Waals surface area contributed by atoms with Gasteiger partial charge in [0, 0.05) is 11.3 Å². The van der Waals surface area contributed by atoms with Gasteiger partial charge in [0.1, 0.15) is 0 Å². The molecule has 2 rings (SSSR count). The van der Waals surface area contributed by atoms with E-state index in [1.54, 1.807) is 25.3 Å². The van der Waals surface area contributed by atoms with Gasteiger partial charge in [-0.1, -0.05) is 19.9 Å². The molecule has 0 saturated heterocycles. The molecule has 0 heterocycles. The van der Waals surface area contributed by atoms with Gasteiger partial charge in [0.25, 0.3) is 5.91 Å². The van der Waals surface area contributed by atoms with E-state index in [2.05, 4.69) is 19.2 Å². The molecule has 1 N–H and O–H groups in total. The summed E-state index contributed by atoms with van der Waals surface area (Å²) in [5.41, 5.74) is 3.65. The summed E-state index contributed by atoms with van der Waals surface area (Å²) in [4.78, 5) is 12.4. The summed E-state index contributed by atoms with van der Waals surface area (Å²) in [5, 5.41) is 2.91. The SMILES string of the molecule is COc1cc(C(=O)Nc2ccc(C)c(C)c2)ccc1OCC(C)C. The Balaban J connectivity index is 2.15. The third-order valence-corrected chi connectivity index (χ3v) is 3.76. The maximum Gasteiger partial charge on any atom is 0.255 e. The Hall–Kier alpha value is -2.49. The minimum Gasteiger partial charge on any atom is -0.493 e. The van der Waals surface area contributed by atoms with Crippen LogP contribution in [0.2, 0.25) is 0 Å². The van der Waals surface area contributed by atoms with Crippen LogP contribution in [0, 0.1) is 19.8 Å². The van der Waals surface area contributed by atoms with Gasteiger partial charge in [0.05, 0.1) is 13.7 Å². The molecule has 0 aromatic heterocycles. The van der Waals surface area contributed by atoms with Crippen molar-refractivity contribution < 1.29 is 14.3 Å². The van der Waals surface area contributed by atoms with Gasteiger partial charge in [0.2, 0.25) is 0 Å². The largest absolute Gasteiger partial charge is 0.493 e. The molecule has 4 heteroatoms. The van der Waals surface area contributed by atoms with Crippen LogP contribution in [0.15, 0.2) is 36.4 Å². The second-order valence-electron chi connectivity index (χ2n) is 6.32. The van der Waals surface area contributed by atoms with Gasteiger partial charge in [-0.25, -0.2) is 0 Å². The highest BCUT2D eigenvalue weighted by atomic mass is 16.5. The average molecular weight is 327 g/mol. The third kappa shape index (κ3) is 4.51. The van der Waals surface area contributed by atoms with E-state index in [4.69, 9.17) is 9.47 Å². The molecular weight excluding hydrogens is 302 g/mol. The smallest absolute Gasteiger partial charge is 0.255 e. The summed E-state index contributed by atoms with van der Waals surface area (Å²) >= 11 is 0. The zero-order valence-electron chi connectivity index (χ0n) is 15.0. The van der Waals surface area contributed by atoms with Crippen LogP contribution in [0.1, 0.15) is 35.3 Å². The first kappa shape index (κ1) is 17.9. The zero-order valence-corrected chi connectivity index (χ0v) is 15.0. The summed E-state index contributed by atoms with van der Waals surface area (Å²) in [6.07, 6.45) is 0. The number of hydrogen-bond acceptors (Lipinski definition) is 3. The van der Waals surface area contributed by atoms with Crippen molar-refractivity contribution in [1.82, 2.24) is 0 Å². The molecule has 0 saturated carbocycles. The van der Waals surface area contributed by atoms with E-state index in [1.807, 2.05) is 32.0 Å². The topological polar surface area (TPSA) is 47.6 Å². The van der Waals surface area contributed by atoms with E-state index in [1.165, 1.54) is 5.56 Å². The van der Waals surface area contributed by atoms with Crippen LogP contribution in [-0.2, 0) is 0 Å². The van der Waals surface area contributed by atoms with Crippen LogP contribution in [0.3, 0.4) is 0 Å². The molecule has 0 aliphatic rings. The number of methoxy groups -OCH3 is 1. The summed E-state index contributed by atoms with van der Waals surface area (Å²) in [6, 6.07) is 11.1. The van der Waals surface area contributed by atoms with Crippen LogP contribution in [0.4, 0.5) is 5.69 Å². The number of anilines is 1. The Morgan fingerprint density at radius 3 is 2.42 bits per heavy atom. The second kappa shape index (κ2) is 7.86. The third-order valence-electron chi connectivity index (χ3n) is 3.76. The normalized spacial score (nSPS) is 10.6. The van der Waals surface area contributed by atoms with Gasteiger partial charge in [-0.15, -0.1) is 0 Å². The predicted octanol–water partition coefficient (Wildman–Crippen LogP) is 4.60. The van der Waals surface area contributed by atoms with Crippen LogP contribution < -0.4 is 14.8 Å². The number of nitrogens with one attached hydrogen (secondary N) is 1. The van der Waals surface area contributed by atoms with Crippen molar-refractivity contribution in [1.29, 1.82) is 0 Å². The molecule has 0 radical (unpaired) electrons. The lowest BCUT2D eigenvalue weighted by Gasteiger charge is -2.14. The van der Waals surface area contributed by atoms with Gasteiger partial charge < -0.3 is 14.8 Å². The highest BCUT2D eigenvalue weighted by Gasteiger charge is 2.12. The van der Waals surface area contributed by atoms with E-state index in [-0.39, 0.29) is 5.91 Å². The first-order valence-electron chi connectivity index (χ1n) is 8.10. The highest BCUT2D eigenvalue weighted by Crippen LogP contribution is 2.29. The van der Waals surface area contributed by atoms with Gasteiger partial charge in [-0.05, 0) is 61.2 Å². The van der Waals surface area contributed by atoms with Crippen molar-refractivity contribution in [2.75, 3.05) is 19.0 Å². The zero-order chi connectivity index (χ0) is 17.7. The van der Waals surface area contributed by atoms with Crippen molar-refractivity contribution in [2.24, 2.45) is 5.92 Å². The maximum absolute atomic E-state index is 12.4. The Morgan fingerprint density at radius 1 is 1.04 bits per heavy atom. The van der Waals surface area contributed by atoms with E-state index < -0.39 is 0 Å². The molecular formula is C20H25NO3. The molecule has 0 spiro atoms. The lowest BCUT2D eigenvalue weighted by Crippen LogP contribution is -2.12. The summed E-state index contributed by atoms with van der Waals surface area (Å²) in [5.74, 6) is 1.45. The molecule has 0 atom stereocenters. The molecule has 0 bridgehead atoms. The van der Waals surface area contributed by atoms with E-state index in [0.717, 1.165) is 11.3 Å². The molecule has 2 aromatic rings. The molecule has 0 aliphatic heterocycles. The average Bonchev–Trinajstić information content (AvgIpc) is 2.56. The monoisotopic (exact) mass is 327 g/mol. The molecule has 1 amide bonds. The number of rotatable bonds is 6. The number of carbonyl (C=O) groups is 1. The molecule has 24 heavy (non-hydrogen) atoms. The number of hydrogen-bond donors (Lipinski definition) is 1. The van der Waals surface area contributed by atoms with Gasteiger partial charge >= 0.3 is 0 Å². The van der Waals surface area contributed by atoms with E-state index in [9.17, 15) is 4.79 Å². The van der Waals surface area contributed by atoms with Crippen LogP contribution in [-0.4, -0.2) is 19.6 Å². The standard InChI is InChI=1S/C20H25NO3/c1-13(2)12-24-18-9-7-16(11-19(18)23-5)20(22)21-17-8-6-14(3)15(4)10-17/h6-11,13H,12H2,1-5H3,(H,21,22). The predicted molar refractivity (Wildman–Crippen MR) is 97.2 cm³/mol. The first-order valence-corrected chi connectivity index (χ1v) is 8.10. The van der Waals surface area contributed by atoms with Crippen molar-refractivity contribution in [3.63, 3.8) is 0 Å². The molecule has 0 fully saturated rings. The number of ether oxygens (including phenoxy) is 2. The van der Waals surface area contributed by atoms with Gasteiger partial charge in [0.15, 0.2) is 11.5 Å². The molecule has 0 aliphatic carbocycles. The van der Waals surface area contributed by atoms with Crippen molar-refractivity contribution in [3.05, 3.63) is 53.1 Å². The fourth-order valence-electron chi connectivity index (χ4n) is 2.21. The van der Waals surface area contributed by atoms with Gasteiger partial charge in [-0.2, -0.15) is 0 Å². The van der Waals surface area contributed by atoms with Crippen molar-refractivity contribution in [3.8, 4) is 11.5 Å². The van der Waals surface area contributed by atoms with Gasteiger partial charge in [-0.3, -0.25) is 4.79 Å². The second-order valence-corrected chi connectivity index (χ2v) is 6.32. The van der Waals surface area contributed by atoms with Crippen LogP contribution in [0.25, 0.3) is 0 Å². The quantitative estimate of drug-likeness (QED) is 0.843. The highest BCUT2D eigenvalue weighted by molar-refractivity contribution is 6.04. The number of amides is 1. The number of aryl methyl sites for hydroxylation is 2. The number of carbonyl (C=O) groups excluding carboxylic acids is 1. The van der Waals surface area contributed by atoms with E-state index in [0.29, 0.717) is 29.6 Å².